The molecule has 156 valence electrons. The summed E-state index contributed by atoms with van der Waals surface area (Å²) in [5.74, 6) is 0.256. The molecule has 1 atom stereocenters. The van der Waals surface area contributed by atoms with Gasteiger partial charge in [0.1, 0.15) is 11.6 Å². The Balaban J connectivity index is 1.39. The standard InChI is InChI=1S/C23H25FN4O2/c1-16-14-25-10-9-19(16)20-15-26-27-23(20)21-7-3-11-28(21)22(29)8-4-12-30-18-6-2-5-17(24)13-18/h2,5-6,9-10,13-15,21H,3-4,7-8,11-12H2,1H3,(H,26,27)/t21-/m1/s1. The Kier molecular flexibility index (Phi) is 6.07. The van der Waals surface area contributed by atoms with E-state index in [9.17, 15) is 9.18 Å². The fourth-order valence-electron chi connectivity index (χ4n) is 4.02. The molecule has 0 aliphatic carbocycles. The molecule has 1 N–H and O–H groups in total. The summed E-state index contributed by atoms with van der Waals surface area (Å²) in [6.45, 7) is 3.14. The molecule has 3 heterocycles. The number of carbonyl (C=O) groups is 1. The van der Waals surface area contributed by atoms with Gasteiger partial charge in [0.25, 0.3) is 0 Å². The molecule has 0 radical (unpaired) electrons. The zero-order chi connectivity index (χ0) is 20.9. The summed E-state index contributed by atoms with van der Waals surface area (Å²) in [6.07, 6.45) is 8.28. The molecular formula is C23H25FN4O2. The molecule has 30 heavy (non-hydrogen) atoms. The summed E-state index contributed by atoms with van der Waals surface area (Å²) in [5, 5.41) is 7.39. The van der Waals surface area contributed by atoms with Crippen LogP contribution >= 0.6 is 0 Å². The highest BCUT2D eigenvalue weighted by Crippen LogP contribution is 2.37. The van der Waals surface area contributed by atoms with Gasteiger partial charge in [0.2, 0.25) is 5.91 Å². The van der Waals surface area contributed by atoms with Crippen LogP contribution in [0, 0.1) is 12.7 Å². The first kappa shape index (κ1) is 20.1. The van der Waals surface area contributed by atoms with E-state index in [1.165, 1.54) is 12.1 Å². The molecule has 1 saturated heterocycles. The second-order valence-corrected chi connectivity index (χ2v) is 7.54. The molecule has 2 aromatic heterocycles. The number of pyridine rings is 1. The molecule has 1 aliphatic rings. The number of benzene rings is 1. The van der Waals surface area contributed by atoms with Gasteiger partial charge in [-0.2, -0.15) is 5.10 Å². The van der Waals surface area contributed by atoms with E-state index in [2.05, 4.69) is 15.2 Å². The number of aromatic amines is 1. The normalized spacial score (nSPS) is 16.1. The molecule has 1 aliphatic heterocycles. The minimum Gasteiger partial charge on any atom is -0.493 e. The number of nitrogens with one attached hydrogen (secondary N) is 1. The van der Waals surface area contributed by atoms with Gasteiger partial charge in [-0.05, 0) is 55.5 Å². The first-order valence-electron chi connectivity index (χ1n) is 10.3. The summed E-state index contributed by atoms with van der Waals surface area (Å²) < 4.78 is 18.8. The van der Waals surface area contributed by atoms with Crippen molar-refractivity contribution in [3.63, 3.8) is 0 Å². The molecule has 0 unspecified atom stereocenters. The van der Waals surface area contributed by atoms with Crippen molar-refractivity contribution in [1.82, 2.24) is 20.1 Å². The second kappa shape index (κ2) is 9.07. The van der Waals surface area contributed by atoms with Crippen LogP contribution in [0.15, 0.2) is 48.9 Å². The third-order valence-electron chi connectivity index (χ3n) is 5.49. The van der Waals surface area contributed by atoms with Crippen molar-refractivity contribution in [1.29, 1.82) is 0 Å². The van der Waals surface area contributed by atoms with Crippen LogP contribution in [-0.2, 0) is 4.79 Å². The number of hydrogen-bond acceptors (Lipinski definition) is 4. The molecule has 1 fully saturated rings. The van der Waals surface area contributed by atoms with Crippen LogP contribution in [0.4, 0.5) is 4.39 Å². The highest BCUT2D eigenvalue weighted by atomic mass is 19.1. The molecular weight excluding hydrogens is 383 g/mol. The summed E-state index contributed by atoms with van der Waals surface area (Å²) in [6, 6.07) is 8.01. The SMILES string of the molecule is Cc1cnccc1-c1cn[nH]c1[C@H]1CCCN1C(=O)CCCOc1cccc(F)c1. The lowest BCUT2D eigenvalue weighted by Crippen LogP contribution is -2.31. The van der Waals surface area contributed by atoms with Gasteiger partial charge in [-0.25, -0.2) is 4.39 Å². The van der Waals surface area contributed by atoms with Crippen LogP contribution in [0.3, 0.4) is 0 Å². The molecule has 7 heteroatoms. The van der Waals surface area contributed by atoms with Crippen molar-refractivity contribution < 1.29 is 13.9 Å². The monoisotopic (exact) mass is 408 g/mol. The Morgan fingerprint density at radius 3 is 3.03 bits per heavy atom. The molecule has 6 nitrogen and oxygen atoms in total. The maximum absolute atomic E-state index is 13.2. The van der Waals surface area contributed by atoms with E-state index in [0.717, 1.165) is 41.8 Å². The lowest BCUT2D eigenvalue weighted by atomic mass is 9.98. The Morgan fingerprint density at radius 2 is 2.20 bits per heavy atom. The smallest absolute Gasteiger partial charge is 0.223 e. The lowest BCUT2D eigenvalue weighted by molar-refractivity contribution is -0.132. The van der Waals surface area contributed by atoms with Gasteiger partial charge >= 0.3 is 0 Å². The minimum atomic E-state index is -0.330. The van der Waals surface area contributed by atoms with Crippen LogP contribution in [-0.4, -0.2) is 39.1 Å². The number of halogens is 1. The average molecular weight is 408 g/mol. The van der Waals surface area contributed by atoms with Crippen LogP contribution in [0.5, 0.6) is 5.75 Å². The Labute approximate surface area is 175 Å². The predicted molar refractivity (Wildman–Crippen MR) is 111 cm³/mol. The van der Waals surface area contributed by atoms with Crippen LogP contribution in [0.1, 0.15) is 43.0 Å². The molecule has 0 saturated carbocycles. The van der Waals surface area contributed by atoms with Gasteiger partial charge in [0.15, 0.2) is 0 Å². The number of rotatable bonds is 7. The zero-order valence-electron chi connectivity index (χ0n) is 17.0. The zero-order valence-corrected chi connectivity index (χ0v) is 17.0. The van der Waals surface area contributed by atoms with E-state index in [1.54, 1.807) is 18.3 Å². The van der Waals surface area contributed by atoms with Crippen molar-refractivity contribution >= 4 is 5.91 Å². The maximum Gasteiger partial charge on any atom is 0.223 e. The van der Waals surface area contributed by atoms with E-state index >= 15 is 0 Å². The third kappa shape index (κ3) is 4.35. The second-order valence-electron chi connectivity index (χ2n) is 7.54. The minimum absolute atomic E-state index is 0.00768. The number of aromatic nitrogens is 3. The molecule has 4 rings (SSSR count). The largest absolute Gasteiger partial charge is 0.493 e. The van der Waals surface area contributed by atoms with Crippen molar-refractivity contribution in [2.75, 3.05) is 13.2 Å². The number of likely N-dealkylation sites (tertiary alicyclic amines) is 1. The van der Waals surface area contributed by atoms with Gasteiger partial charge in [0.05, 0.1) is 24.5 Å². The number of ether oxygens (including phenoxy) is 1. The molecule has 1 aromatic carbocycles. The average Bonchev–Trinajstić information content (AvgIpc) is 3.40. The Bertz CT molecular complexity index is 1020. The van der Waals surface area contributed by atoms with Crippen molar-refractivity contribution in [3.05, 3.63) is 66.0 Å². The van der Waals surface area contributed by atoms with Crippen molar-refractivity contribution in [2.45, 2.75) is 38.6 Å². The number of carbonyl (C=O) groups excluding carboxylic acids is 1. The number of H-pyrrole nitrogens is 1. The van der Waals surface area contributed by atoms with Crippen LogP contribution in [0.2, 0.25) is 0 Å². The third-order valence-corrected chi connectivity index (χ3v) is 5.49. The summed E-state index contributed by atoms with van der Waals surface area (Å²) in [5.41, 5.74) is 4.15. The predicted octanol–water partition coefficient (Wildman–Crippen LogP) is 4.44. The van der Waals surface area contributed by atoms with E-state index in [0.29, 0.717) is 25.2 Å². The number of amides is 1. The first-order chi connectivity index (χ1) is 14.6. The lowest BCUT2D eigenvalue weighted by Gasteiger charge is -2.25. The molecule has 0 bridgehead atoms. The summed E-state index contributed by atoms with van der Waals surface area (Å²) in [4.78, 5) is 19.0. The Hall–Kier alpha value is -3.22. The van der Waals surface area contributed by atoms with Gasteiger partial charge in [-0.1, -0.05) is 6.07 Å². The fraction of sp³-hybridized carbons (Fsp3) is 0.348. The first-order valence-corrected chi connectivity index (χ1v) is 10.3. The van der Waals surface area contributed by atoms with Crippen molar-refractivity contribution in [2.24, 2.45) is 0 Å². The highest BCUT2D eigenvalue weighted by Gasteiger charge is 2.32. The van der Waals surface area contributed by atoms with E-state index in [4.69, 9.17) is 4.74 Å². The van der Waals surface area contributed by atoms with Crippen molar-refractivity contribution in [3.8, 4) is 16.9 Å². The maximum atomic E-state index is 13.2. The van der Waals surface area contributed by atoms with Gasteiger partial charge in [0, 0.05) is 37.0 Å². The van der Waals surface area contributed by atoms with Crippen LogP contribution < -0.4 is 4.74 Å². The number of nitrogens with zero attached hydrogens (tertiary/aromatic N) is 3. The number of hydrogen-bond donors (Lipinski definition) is 1. The van der Waals surface area contributed by atoms with Gasteiger partial charge in [-0.3, -0.25) is 14.9 Å². The van der Waals surface area contributed by atoms with Crippen LogP contribution in [0.25, 0.3) is 11.1 Å². The highest BCUT2D eigenvalue weighted by molar-refractivity contribution is 5.78. The quantitative estimate of drug-likeness (QED) is 0.587. The Morgan fingerprint density at radius 1 is 1.30 bits per heavy atom. The molecule has 0 spiro atoms. The fourth-order valence-corrected chi connectivity index (χ4v) is 4.02. The van der Waals surface area contributed by atoms with E-state index in [-0.39, 0.29) is 17.8 Å². The molecule has 1 amide bonds. The van der Waals surface area contributed by atoms with E-state index < -0.39 is 0 Å². The number of aryl methyl sites for hydroxylation is 1. The molecule has 3 aromatic rings. The topological polar surface area (TPSA) is 71.1 Å². The summed E-state index contributed by atoms with van der Waals surface area (Å²) >= 11 is 0. The van der Waals surface area contributed by atoms with E-state index in [1.807, 2.05) is 30.3 Å². The summed E-state index contributed by atoms with van der Waals surface area (Å²) in [7, 11) is 0. The van der Waals surface area contributed by atoms with Gasteiger partial charge < -0.3 is 9.64 Å². The van der Waals surface area contributed by atoms with Gasteiger partial charge in [-0.15, -0.1) is 0 Å².